The minimum absolute atomic E-state index is 0.108. The fourth-order valence-electron chi connectivity index (χ4n) is 8.81. The number of ether oxygens (including phenoxy) is 4. The molecule has 4 aliphatic heterocycles. The van der Waals surface area contributed by atoms with Gasteiger partial charge in [0, 0.05) is 49.2 Å². The second kappa shape index (κ2) is 15.8. The zero-order chi connectivity index (χ0) is 37.2. The SMILES string of the molecule is C=C1C(=O)O[C@H]2[C@H]1CC/C(CN(CCCCCCCCN(C/C1=C/CC[C@@]3(C)O[C@H]3[C@H]3OC(=O)C(=C)[C@@H]3CC1)C(=O)O)C(=O)O)=C\CC[C@@]1(C)O[C@@H]21. The van der Waals surface area contributed by atoms with Crippen LogP contribution in [0.4, 0.5) is 9.59 Å². The summed E-state index contributed by atoms with van der Waals surface area (Å²) in [5.74, 6) is -0.957. The number of fused-ring (bicyclic) bond motifs is 6. The molecular formula is C40H56N2O10. The Bertz CT molecular complexity index is 1390. The number of esters is 2. The van der Waals surface area contributed by atoms with Crippen LogP contribution in [0.3, 0.4) is 0 Å². The summed E-state index contributed by atoms with van der Waals surface area (Å²) in [5, 5.41) is 20.0. The summed E-state index contributed by atoms with van der Waals surface area (Å²) >= 11 is 0. The summed E-state index contributed by atoms with van der Waals surface area (Å²) < 4.78 is 23.3. The quantitative estimate of drug-likeness (QED) is 0.0681. The fraction of sp³-hybridized carbons (Fsp3) is 0.700. The third-order valence-electron chi connectivity index (χ3n) is 12.3. The van der Waals surface area contributed by atoms with Crippen LogP contribution in [0.2, 0.25) is 0 Å². The van der Waals surface area contributed by atoms with Crippen LogP contribution < -0.4 is 0 Å². The van der Waals surface area contributed by atoms with E-state index in [1.54, 1.807) is 0 Å². The number of amides is 2. The summed E-state index contributed by atoms with van der Waals surface area (Å²) in [6.45, 7) is 13.6. The summed E-state index contributed by atoms with van der Waals surface area (Å²) in [6.07, 6.45) is 12.6. The van der Waals surface area contributed by atoms with Gasteiger partial charge >= 0.3 is 24.1 Å². The highest BCUT2D eigenvalue weighted by Gasteiger charge is 2.62. The topological polar surface area (TPSA) is 159 Å². The molecule has 0 aromatic rings. The molecule has 0 bridgehead atoms. The van der Waals surface area contributed by atoms with Gasteiger partial charge in [0.25, 0.3) is 0 Å². The average molecular weight is 725 g/mol. The smallest absolute Gasteiger partial charge is 0.407 e. The molecule has 8 atom stereocenters. The molecule has 0 unspecified atom stereocenters. The molecule has 4 fully saturated rings. The van der Waals surface area contributed by atoms with Crippen LogP contribution in [0.15, 0.2) is 47.6 Å². The number of epoxide rings is 2. The van der Waals surface area contributed by atoms with Gasteiger partial charge in [-0.3, -0.25) is 0 Å². The highest BCUT2D eigenvalue weighted by atomic mass is 16.7. The lowest BCUT2D eigenvalue weighted by atomic mass is 9.84. The lowest BCUT2D eigenvalue weighted by molar-refractivity contribution is -0.140. The zero-order valence-corrected chi connectivity index (χ0v) is 30.8. The third-order valence-corrected chi connectivity index (χ3v) is 12.3. The van der Waals surface area contributed by atoms with Gasteiger partial charge in [0.1, 0.15) is 24.4 Å². The molecule has 0 aromatic heterocycles. The van der Waals surface area contributed by atoms with Crippen molar-refractivity contribution in [2.75, 3.05) is 26.2 Å². The van der Waals surface area contributed by atoms with E-state index < -0.39 is 12.2 Å². The maximum absolute atomic E-state index is 12.3. The third kappa shape index (κ3) is 8.59. The molecule has 0 radical (unpaired) electrons. The first-order chi connectivity index (χ1) is 24.8. The predicted molar refractivity (Wildman–Crippen MR) is 192 cm³/mol. The van der Waals surface area contributed by atoms with Crippen LogP contribution in [0.25, 0.3) is 0 Å². The van der Waals surface area contributed by atoms with Crippen LogP contribution in [-0.4, -0.2) is 106 Å². The number of unbranched alkanes of at least 4 members (excludes halogenated alkanes) is 5. The van der Waals surface area contributed by atoms with Gasteiger partial charge in [0.2, 0.25) is 0 Å². The molecule has 12 nitrogen and oxygen atoms in total. The molecule has 2 amide bonds. The van der Waals surface area contributed by atoms with Crippen molar-refractivity contribution in [3.05, 3.63) is 47.6 Å². The van der Waals surface area contributed by atoms with E-state index in [4.69, 9.17) is 18.9 Å². The standard InChI is InChI=1S/C40H56N2O10/c1-25-29-17-15-27(13-11-19-39(3)33(51-39)31(29)49-35(25)43)23-41(37(45)46)21-9-7-5-6-8-10-22-42(38(47)48)24-28-14-12-20-40(4)34(52-40)32-30(18-16-28)26(2)36(44)50-32/h13-14,29-34H,1-2,5-12,15-24H2,3-4H3,(H,45,46)(H,47,48)/b27-13+,28-14+/t29-,30-,31-,32-,33-,34-,39+,40+/m0/s1. The molecule has 2 N–H and O–H groups in total. The summed E-state index contributed by atoms with van der Waals surface area (Å²) in [5.41, 5.74) is 2.41. The van der Waals surface area contributed by atoms with E-state index in [2.05, 4.69) is 25.3 Å². The number of nitrogens with zero attached hydrogens (tertiary/aromatic N) is 2. The van der Waals surface area contributed by atoms with Crippen LogP contribution in [0.5, 0.6) is 0 Å². The molecular weight excluding hydrogens is 668 g/mol. The number of hydrogen-bond donors (Lipinski definition) is 2. The van der Waals surface area contributed by atoms with E-state index in [0.29, 0.717) is 63.0 Å². The minimum atomic E-state index is -0.939. The van der Waals surface area contributed by atoms with E-state index in [9.17, 15) is 29.4 Å². The molecule has 4 heterocycles. The van der Waals surface area contributed by atoms with Crippen molar-refractivity contribution in [2.24, 2.45) is 11.8 Å². The first-order valence-electron chi connectivity index (χ1n) is 19.3. The lowest BCUT2D eigenvalue weighted by Crippen LogP contribution is -2.33. The molecule has 0 aromatic carbocycles. The van der Waals surface area contributed by atoms with Gasteiger partial charge in [0.05, 0.1) is 11.2 Å². The van der Waals surface area contributed by atoms with Crippen molar-refractivity contribution < 1.29 is 48.3 Å². The summed E-state index contributed by atoms with van der Waals surface area (Å²) in [7, 11) is 0. The number of carbonyl (C=O) groups is 4. The second-order valence-electron chi connectivity index (χ2n) is 16.1. The molecule has 4 saturated heterocycles. The number of hydrogen-bond acceptors (Lipinski definition) is 8. The Morgan fingerprint density at radius 3 is 1.48 bits per heavy atom. The second-order valence-corrected chi connectivity index (χ2v) is 16.1. The van der Waals surface area contributed by atoms with Crippen LogP contribution in [0, 0.1) is 11.8 Å². The molecule has 286 valence electrons. The maximum Gasteiger partial charge on any atom is 0.407 e. The molecule has 52 heavy (non-hydrogen) atoms. The van der Waals surface area contributed by atoms with Gasteiger partial charge < -0.3 is 39.0 Å². The Kier molecular flexibility index (Phi) is 11.5. The first-order valence-corrected chi connectivity index (χ1v) is 19.3. The summed E-state index contributed by atoms with van der Waals surface area (Å²) in [6, 6.07) is 0. The molecule has 6 rings (SSSR count). The van der Waals surface area contributed by atoms with Crippen molar-refractivity contribution in [2.45, 2.75) is 139 Å². The Morgan fingerprint density at radius 1 is 0.712 bits per heavy atom. The molecule has 2 aliphatic carbocycles. The van der Waals surface area contributed by atoms with Crippen molar-refractivity contribution >= 4 is 24.1 Å². The normalized spacial score (nSPS) is 36.0. The first kappa shape index (κ1) is 38.1. The predicted octanol–water partition coefficient (Wildman–Crippen LogP) is 6.80. The number of rotatable bonds is 13. The number of allylic oxidation sites excluding steroid dienone is 2. The fourth-order valence-corrected chi connectivity index (χ4v) is 8.81. The zero-order valence-electron chi connectivity index (χ0n) is 30.8. The monoisotopic (exact) mass is 724 g/mol. The molecule has 12 heteroatoms. The van der Waals surface area contributed by atoms with Crippen LogP contribution in [0.1, 0.15) is 104 Å². The average Bonchev–Trinajstić information content (AvgIpc) is 3.90. The Labute approximate surface area is 306 Å². The highest BCUT2D eigenvalue weighted by molar-refractivity contribution is 5.91. The van der Waals surface area contributed by atoms with Gasteiger partial charge in [-0.25, -0.2) is 19.2 Å². The van der Waals surface area contributed by atoms with Crippen molar-refractivity contribution in [1.82, 2.24) is 9.80 Å². The number of carboxylic acid groups (broad SMARTS) is 2. The largest absolute Gasteiger partial charge is 0.465 e. The van der Waals surface area contributed by atoms with Crippen molar-refractivity contribution in [1.29, 1.82) is 0 Å². The molecule has 6 aliphatic rings. The maximum atomic E-state index is 12.3. The van der Waals surface area contributed by atoms with Crippen LogP contribution >= 0.6 is 0 Å². The minimum Gasteiger partial charge on any atom is -0.465 e. The van der Waals surface area contributed by atoms with E-state index in [1.807, 2.05) is 13.8 Å². The number of carbonyl (C=O) groups excluding carboxylic acids is 2. The van der Waals surface area contributed by atoms with E-state index in [0.717, 1.165) is 75.4 Å². The van der Waals surface area contributed by atoms with Gasteiger partial charge in [0.15, 0.2) is 0 Å². The van der Waals surface area contributed by atoms with Gasteiger partial charge in [-0.1, -0.05) is 62.1 Å². The van der Waals surface area contributed by atoms with Gasteiger partial charge in [-0.15, -0.1) is 0 Å². The van der Waals surface area contributed by atoms with Gasteiger partial charge in [-0.05, 0) is 78.1 Å². The Hall–Kier alpha value is -3.64. The van der Waals surface area contributed by atoms with Crippen molar-refractivity contribution in [3.63, 3.8) is 0 Å². The Morgan fingerprint density at radius 2 is 1.10 bits per heavy atom. The van der Waals surface area contributed by atoms with Crippen LogP contribution in [-0.2, 0) is 28.5 Å². The lowest BCUT2D eigenvalue weighted by Gasteiger charge is -2.24. The Balaban J connectivity index is 0.907. The molecule has 0 saturated carbocycles. The molecule has 0 spiro atoms. The van der Waals surface area contributed by atoms with E-state index in [1.165, 1.54) is 9.80 Å². The van der Waals surface area contributed by atoms with E-state index >= 15 is 0 Å². The summed E-state index contributed by atoms with van der Waals surface area (Å²) in [4.78, 5) is 51.9. The van der Waals surface area contributed by atoms with E-state index in [-0.39, 0.29) is 59.4 Å². The van der Waals surface area contributed by atoms with Crippen molar-refractivity contribution in [3.8, 4) is 0 Å². The highest BCUT2D eigenvalue weighted by Crippen LogP contribution is 2.51. The van der Waals surface area contributed by atoms with Gasteiger partial charge in [-0.2, -0.15) is 0 Å².